The van der Waals surface area contributed by atoms with Crippen molar-refractivity contribution in [3.8, 4) is 0 Å². The fourth-order valence-electron chi connectivity index (χ4n) is 1.53. The summed E-state index contributed by atoms with van der Waals surface area (Å²) >= 11 is 9.97. The third kappa shape index (κ3) is 3.23. The molecule has 2 aromatic rings. The fraction of sp³-hybridized carbons (Fsp3) is 0.250. The smallest absolute Gasteiger partial charge is 0.264 e. The lowest BCUT2D eigenvalue weighted by molar-refractivity contribution is 0.0759. The molecule has 0 aromatic carbocycles. The Morgan fingerprint density at radius 1 is 1.44 bits per heavy atom. The predicted octanol–water partition coefficient (Wildman–Crippen LogP) is 5.00. The Kier molecular flexibility index (Phi) is 5.00. The highest BCUT2D eigenvalue weighted by atomic mass is 79.9. The normalized spacial score (nSPS) is 10.6. The SMILES string of the molecule is CCN(Cc1cccs1)C(=O)c1cc(Br)c(Br)s1. The second-order valence-electron chi connectivity index (χ2n) is 3.63. The molecule has 0 bridgehead atoms. The first-order valence-electron chi connectivity index (χ1n) is 5.38. The van der Waals surface area contributed by atoms with Crippen molar-refractivity contribution in [1.29, 1.82) is 0 Å². The molecule has 2 nitrogen and oxygen atoms in total. The molecule has 0 spiro atoms. The standard InChI is InChI=1S/C12H11Br2NOS2/c1-2-15(7-8-4-3-5-17-8)12(16)10-6-9(13)11(14)18-10/h3-6H,2,7H2,1H3. The molecule has 0 unspecified atom stereocenters. The van der Waals surface area contributed by atoms with E-state index in [0.29, 0.717) is 13.1 Å². The van der Waals surface area contributed by atoms with Gasteiger partial charge in [-0.1, -0.05) is 6.07 Å². The van der Waals surface area contributed by atoms with Crippen molar-refractivity contribution < 1.29 is 4.79 Å². The van der Waals surface area contributed by atoms with Crippen LogP contribution in [-0.4, -0.2) is 17.4 Å². The molecule has 0 aliphatic carbocycles. The highest BCUT2D eigenvalue weighted by Gasteiger charge is 2.18. The zero-order valence-electron chi connectivity index (χ0n) is 9.65. The number of rotatable bonds is 4. The van der Waals surface area contributed by atoms with Crippen LogP contribution in [0.4, 0.5) is 0 Å². The molecule has 0 N–H and O–H groups in total. The minimum absolute atomic E-state index is 0.0855. The van der Waals surface area contributed by atoms with Crippen LogP contribution in [0.25, 0.3) is 0 Å². The van der Waals surface area contributed by atoms with Crippen molar-refractivity contribution in [2.75, 3.05) is 6.54 Å². The van der Waals surface area contributed by atoms with Gasteiger partial charge in [-0.25, -0.2) is 0 Å². The maximum absolute atomic E-state index is 12.4. The maximum atomic E-state index is 12.4. The molecule has 2 heterocycles. The topological polar surface area (TPSA) is 20.3 Å². The van der Waals surface area contributed by atoms with Crippen LogP contribution in [0.5, 0.6) is 0 Å². The van der Waals surface area contributed by atoms with Gasteiger partial charge >= 0.3 is 0 Å². The lowest BCUT2D eigenvalue weighted by atomic mass is 10.3. The summed E-state index contributed by atoms with van der Waals surface area (Å²) in [6.07, 6.45) is 0. The van der Waals surface area contributed by atoms with Crippen molar-refractivity contribution in [3.63, 3.8) is 0 Å². The van der Waals surface area contributed by atoms with Crippen LogP contribution in [0.2, 0.25) is 0 Å². The van der Waals surface area contributed by atoms with Crippen LogP contribution in [-0.2, 0) is 6.54 Å². The van der Waals surface area contributed by atoms with Gasteiger partial charge in [-0.15, -0.1) is 22.7 Å². The van der Waals surface area contributed by atoms with E-state index >= 15 is 0 Å². The van der Waals surface area contributed by atoms with E-state index < -0.39 is 0 Å². The van der Waals surface area contributed by atoms with E-state index in [9.17, 15) is 4.79 Å². The number of hydrogen-bond donors (Lipinski definition) is 0. The molecule has 6 heteroatoms. The van der Waals surface area contributed by atoms with Crippen molar-refractivity contribution in [2.24, 2.45) is 0 Å². The quantitative estimate of drug-likeness (QED) is 0.697. The number of carbonyl (C=O) groups is 1. The first kappa shape index (κ1) is 14.2. The van der Waals surface area contributed by atoms with Gasteiger partial charge in [0.05, 0.1) is 15.2 Å². The minimum atomic E-state index is 0.0855. The molecule has 18 heavy (non-hydrogen) atoms. The van der Waals surface area contributed by atoms with Crippen LogP contribution in [0.3, 0.4) is 0 Å². The highest BCUT2D eigenvalue weighted by Crippen LogP contribution is 2.33. The Morgan fingerprint density at radius 2 is 2.22 bits per heavy atom. The van der Waals surface area contributed by atoms with Gasteiger partial charge in [0, 0.05) is 15.9 Å². The Labute approximate surface area is 131 Å². The van der Waals surface area contributed by atoms with E-state index in [1.54, 1.807) is 11.3 Å². The molecule has 96 valence electrons. The third-order valence-corrected chi connectivity index (χ3v) is 6.56. The molecule has 0 atom stereocenters. The zero-order valence-corrected chi connectivity index (χ0v) is 14.5. The van der Waals surface area contributed by atoms with Gasteiger partial charge in [-0.3, -0.25) is 4.79 Å². The summed E-state index contributed by atoms with van der Waals surface area (Å²) in [4.78, 5) is 16.2. The molecule has 0 fully saturated rings. The summed E-state index contributed by atoms with van der Waals surface area (Å²) in [5, 5.41) is 2.03. The molecule has 0 radical (unpaired) electrons. The Morgan fingerprint density at radius 3 is 2.72 bits per heavy atom. The van der Waals surface area contributed by atoms with Gasteiger partial charge in [-0.2, -0.15) is 0 Å². The summed E-state index contributed by atoms with van der Waals surface area (Å²) < 4.78 is 1.89. The summed E-state index contributed by atoms with van der Waals surface area (Å²) in [6, 6.07) is 5.94. The Balaban J connectivity index is 2.15. The number of halogens is 2. The largest absolute Gasteiger partial charge is 0.333 e. The van der Waals surface area contributed by atoms with E-state index in [-0.39, 0.29) is 5.91 Å². The van der Waals surface area contributed by atoms with Crippen LogP contribution in [0.1, 0.15) is 21.5 Å². The van der Waals surface area contributed by atoms with Gasteiger partial charge < -0.3 is 4.90 Å². The Bertz CT molecular complexity index is 517. The van der Waals surface area contributed by atoms with E-state index in [1.165, 1.54) is 16.2 Å². The van der Waals surface area contributed by atoms with E-state index in [1.807, 2.05) is 29.3 Å². The van der Waals surface area contributed by atoms with E-state index in [2.05, 4.69) is 37.9 Å². The minimum Gasteiger partial charge on any atom is -0.333 e. The molecule has 2 rings (SSSR count). The fourth-order valence-corrected chi connectivity index (χ4v) is 4.25. The first-order valence-corrected chi connectivity index (χ1v) is 8.66. The molecule has 0 saturated carbocycles. The number of thiophene rings is 2. The predicted molar refractivity (Wildman–Crippen MR) is 84.5 cm³/mol. The van der Waals surface area contributed by atoms with Crippen LogP contribution < -0.4 is 0 Å². The summed E-state index contributed by atoms with van der Waals surface area (Å²) in [7, 11) is 0. The van der Waals surface area contributed by atoms with Crippen LogP contribution in [0, 0.1) is 0 Å². The molecule has 1 amide bonds. The summed E-state index contributed by atoms with van der Waals surface area (Å²) in [5.41, 5.74) is 0. The van der Waals surface area contributed by atoms with Crippen molar-refractivity contribution >= 4 is 60.4 Å². The second-order valence-corrected chi connectivity index (χ2v) is 7.89. The monoisotopic (exact) mass is 407 g/mol. The van der Waals surface area contributed by atoms with Gasteiger partial charge in [0.15, 0.2) is 0 Å². The average molecular weight is 409 g/mol. The van der Waals surface area contributed by atoms with Crippen LogP contribution >= 0.6 is 54.5 Å². The summed E-state index contributed by atoms with van der Waals surface area (Å²) in [6.45, 7) is 3.40. The summed E-state index contributed by atoms with van der Waals surface area (Å²) in [5.74, 6) is 0.0855. The van der Waals surface area contributed by atoms with Gasteiger partial charge in [0.2, 0.25) is 0 Å². The van der Waals surface area contributed by atoms with Crippen LogP contribution in [0.15, 0.2) is 31.8 Å². The van der Waals surface area contributed by atoms with Gasteiger partial charge in [0.25, 0.3) is 5.91 Å². The van der Waals surface area contributed by atoms with E-state index in [4.69, 9.17) is 0 Å². The lowest BCUT2D eigenvalue weighted by Crippen LogP contribution is -2.29. The Hall–Kier alpha value is -0.170. The molecule has 0 aliphatic rings. The van der Waals surface area contributed by atoms with Gasteiger partial charge in [-0.05, 0) is 56.3 Å². The first-order chi connectivity index (χ1) is 8.61. The molecular weight excluding hydrogens is 398 g/mol. The van der Waals surface area contributed by atoms with Crippen molar-refractivity contribution in [3.05, 3.63) is 41.6 Å². The van der Waals surface area contributed by atoms with E-state index in [0.717, 1.165) is 13.1 Å². The average Bonchev–Trinajstić information content (AvgIpc) is 2.96. The van der Waals surface area contributed by atoms with Crippen molar-refractivity contribution in [2.45, 2.75) is 13.5 Å². The lowest BCUT2D eigenvalue weighted by Gasteiger charge is -2.19. The number of carbonyl (C=O) groups excluding carboxylic acids is 1. The molecule has 2 aromatic heterocycles. The second kappa shape index (κ2) is 6.32. The molecule has 0 saturated heterocycles. The maximum Gasteiger partial charge on any atom is 0.264 e. The number of amides is 1. The molecule has 0 aliphatic heterocycles. The molecular formula is C12H11Br2NOS2. The number of nitrogens with zero attached hydrogens (tertiary/aromatic N) is 1. The van der Waals surface area contributed by atoms with Crippen molar-refractivity contribution in [1.82, 2.24) is 4.90 Å². The third-order valence-electron chi connectivity index (χ3n) is 2.45. The van der Waals surface area contributed by atoms with Gasteiger partial charge in [0.1, 0.15) is 0 Å². The highest BCUT2D eigenvalue weighted by molar-refractivity contribution is 9.13. The zero-order chi connectivity index (χ0) is 13.1. The number of hydrogen-bond acceptors (Lipinski definition) is 3.